The maximum absolute atomic E-state index is 4.42. The Morgan fingerprint density at radius 2 is 2.25 bits per heavy atom. The maximum atomic E-state index is 4.42. The molecule has 0 aliphatic heterocycles. The van der Waals surface area contributed by atoms with Gasteiger partial charge in [0.15, 0.2) is 0 Å². The number of hydrogen-bond donors (Lipinski definition) is 0. The molecule has 0 aliphatic rings. The molecule has 0 N–H and O–H groups in total. The van der Waals surface area contributed by atoms with Crippen molar-refractivity contribution >= 4 is 11.8 Å². The summed E-state index contributed by atoms with van der Waals surface area (Å²) in [4.78, 5) is 0. The van der Waals surface area contributed by atoms with E-state index in [1.54, 1.807) is 0 Å². The molecule has 0 aromatic carbocycles. The normalized spacial score (nSPS) is 13.3. The SMILES string of the molecule is CCSC(C)n1nc(C)cc1C. The van der Waals surface area contributed by atoms with Gasteiger partial charge in [-0.15, -0.1) is 11.8 Å². The highest BCUT2D eigenvalue weighted by molar-refractivity contribution is 7.99. The number of thioether (sulfide) groups is 1. The highest BCUT2D eigenvalue weighted by atomic mass is 32.2. The molecule has 3 heteroatoms. The maximum Gasteiger partial charge on any atom is 0.0945 e. The van der Waals surface area contributed by atoms with E-state index in [0.717, 1.165) is 11.4 Å². The van der Waals surface area contributed by atoms with Crippen LogP contribution in [0.2, 0.25) is 0 Å². The van der Waals surface area contributed by atoms with Crippen molar-refractivity contribution in [3.8, 4) is 0 Å². The van der Waals surface area contributed by atoms with Crippen LogP contribution in [0.15, 0.2) is 6.07 Å². The fraction of sp³-hybridized carbons (Fsp3) is 0.667. The minimum Gasteiger partial charge on any atom is -0.257 e. The topological polar surface area (TPSA) is 17.8 Å². The molecule has 0 spiro atoms. The molecule has 0 fully saturated rings. The zero-order chi connectivity index (χ0) is 9.14. The van der Waals surface area contributed by atoms with E-state index in [1.807, 2.05) is 18.7 Å². The lowest BCUT2D eigenvalue weighted by atomic mass is 10.4. The van der Waals surface area contributed by atoms with E-state index >= 15 is 0 Å². The van der Waals surface area contributed by atoms with Gasteiger partial charge in [0.1, 0.15) is 0 Å². The third-order valence-electron chi connectivity index (χ3n) is 1.80. The number of aryl methyl sites for hydroxylation is 2. The van der Waals surface area contributed by atoms with Gasteiger partial charge in [-0.3, -0.25) is 4.68 Å². The van der Waals surface area contributed by atoms with Crippen LogP contribution in [0.5, 0.6) is 0 Å². The first kappa shape index (κ1) is 9.65. The summed E-state index contributed by atoms with van der Waals surface area (Å²) in [6.07, 6.45) is 0. The van der Waals surface area contributed by atoms with Gasteiger partial charge in [-0.2, -0.15) is 5.10 Å². The summed E-state index contributed by atoms with van der Waals surface area (Å²) in [6, 6.07) is 2.12. The molecule has 0 saturated carbocycles. The quantitative estimate of drug-likeness (QED) is 0.719. The second kappa shape index (κ2) is 3.99. The van der Waals surface area contributed by atoms with Gasteiger partial charge in [-0.1, -0.05) is 6.92 Å². The summed E-state index contributed by atoms with van der Waals surface area (Å²) in [5.74, 6) is 1.14. The van der Waals surface area contributed by atoms with E-state index < -0.39 is 0 Å². The number of rotatable bonds is 3. The van der Waals surface area contributed by atoms with Crippen LogP contribution >= 0.6 is 11.8 Å². The standard InChI is InChI=1S/C9H16N2S/c1-5-12-9(4)11-8(3)6-7(2)10-11/h6,9H,5H2,1-4H3. The van der Waals surface area contributed by atoms with E-state index in [1.165, 1.54) is 5.69 Å². The molecule has 1 atom stereocenters. The van der Waals surface area contributed by atoms with E-state index in [-0.39, 0.29) is 0 Å². The Balaban J connectivity index is 2.79. The number of hydrogen-bond acceptors (Lipinski definition) is 2. The van der Waals surface area contributed by atoms with Gasteiger partial charge >= 0.3 is 0 Å². The average molecular weight is 184 g/mol. The van der Waals surface area contributed by atoms with Crippen molar-refractivity contribution in [1.29, 1.82) is 0 Å². The first-order valence-electron chi connectivity index (χ1n) is 4.29. The molecule has 0 radical (unpaired) electrons. The molecule has 1 aromatic rings. The summed E-state index contributed by atoms with van der Waals surface area (Å²) < 4.78 is 2.09. The molecule has 68 valence electrons. The van der Waals surface area contributed by atoms with Crippen molar-refractivity contribution in [2.24, 2.45) is 0 Å². The Morgan fingerprint density at radius 1 is 1.58 bits per heavy atom. The Bertz CT molecular complexity index is 255. The van der Waals surface area contributed by atoms with Gasteiger partial charge in [0.25, 0.3) is 0 Å². The van der Waals surface area contributed by atoms with Crippen LogP contribution in [0, 0.1) is 13.8 Å². The summed E-state index contributed by atoms with van der Waals surface area (Å²) in [5, 5.41) is 4.89. The zero-order valence-electron chi connectivity index (χ0n) is 8.16. The fourth-order valence-corrected chi connectivity index (χ4v) is 2.16. The van der Waals surface area contributed by atoms with Crippen LogP contribution in [0.3, 0.4) is 0 Å². The third-order valence-corrected chi connectivity index (χ3v) is 2.81. The van der Waals surface area contributed by atoms with Crippen LogP contribution in [-0.4, -0.2) is 15.5 Å². The van der Waals surface area contributed by atoms with Crippen molar-refractivity contribution in [2.75, 3.05) is 5.75 Å². The Morgan fingerprint density at radius 3 is 2.67 bits per heavy atom. The van der Waals surface area contributed by atoms with Crippen LogP contribution in [-0.2, 0) is 0 Å². The molecule has 12 heavy (non-hydrogen) atoms. The van der Waals surface area contributed by atoms with Crippen LogP contribution in [0.25, 0.3) is 0 Å². The van der Waals surface area contributed by atoms with Crippen molar-refractivity contribution in [2.45, 2.75) is 33.1 Å². The molecule has 0 amide bonds. The highest BCUT2D eigenvalue weighted by Crippen LogP contribution is 2.22. The van der Waals surface area contributed by atoms with Gasteiger partial charge in [-0.25, -0.2) is 0 Å². The molecule has 0 bridgehead atoms. The van der Waals surface area contributed by atoms with Crippen molar-refractivity contribution in [3.05, 3.63) is 17.5 Å². The molecule has 0 saturated heterocycles. The molecule has 0 aliphatic carbocycles. The Hall–Kier alpha value is -0.440. The monoisotopic (exact) mass is 184 g/mol. The van der Waals surface area contributed by atoms with Crippen molar-refractivity contribution < 1.29 is 0 Å². The first-order chi connectivity index (χ1) is 5.65. The molecule has 1 heterocycles. The molecular weight excluding hydrogens is 168 g/mol. The smallest absolute Gasteiger partial charge is 0.0945 e. The lowest BCUT2D eigenvalue weighted by Gasteiger charge is -2.12. The van der Waals surface area contributed by atoms with E-state index in [2.05, 4.69) is 36.6 Å². The molecule has 1 unspecified atom stereocenters. The molecule has 1 rings (SSSR count). The Labute approximate surface area is 78.4 Å². The first-order valence-corrected chi connectivity index (χ1v) is 5.34. The van der Waals surface area contributed by atoms with Crippen molar-refractivity contribution in [1.82, 2.24) is 9.78 Å². The second-order valence-corrected chi connectivity index (χ2v) is 4.52. The van der Waals surface area contributed by atoms with Gasteiger partial charge < -0.3 is 0 Å². The van der Waals surface area contributed by atoms with Crippen molar-refractivity contribution in [3.63, 3.8) is 0 Å². The predicted molar refractivity (Wildman–Crippen MR) is 54.5 cm³/mol. The summed E-state index contributed by atoms with van der Waals surface area (Å²) in [7, 11) is 0. The number of nitrogens with zero attached hydrogens (tertiary/aromatic N) is 2. The average Bonchev–Trinajstić information content (AvgIpc) is 2.30. The minimum atomic E-state index is 0.462. The van der Waals surface area contributed by atoms with Gasteiger partial charge in [0.2, 0.25) is 0 Å². The minimum absolute atomic E-state index is 0.462. The summed E-state index contributed by atoms with van der Waals surface area (Å²) in [5.41, 5.74) is 2.36. The van der Waals surface area contributed by atoms with Crippen LogP contribution in [0.1, 0.15) is 30.6 Å². The van der Waals surface area contributed by atoms with Gasteiger partial charge in [0, 0.05) is 5.69 Å². The van der Waals surface area contributed by atoms with Crippen LogP contribution in [0.4, 0.5) is 0 Å². The largest absolute Gasteiger partial charge is 0.257 e. The number of aromatic nitrogens is 2. The Kier molecular flexibility index (Phi) is 3.20. The van der Waals surface area contributed by atoms with E-state index in [9.17, 15) is 0 Å². The fourth-order valence-electron chi connectivity index (χ4n) is 1.33. The molecule has 1 aromatic heterocycles. The van der Waals surface area contributed by atoms with E-state index in [0.29, 0.717) is 5.37 Å². The third kappa shape index (κ3) is 2.03. The lowest BCUT2D eigenvalue weighted by Crippen LogP contribution is -2.05. The summed E-state index contributed by atoms with van der Waals surface area (Å²) >= 11 is 1.91. The summed E-state index contributed by atoms with van der Waals surface area (Å²) in [6.45, 7) is 8.50. The van der Waals surface area contributed by atoms with Gasteiger partial charge in [-0.05, 0) is 32.6 Å². The van der Waals surface area contributed by atoms with Crippen LogP contribution < -0.4 is 0 Å². The second-order valence-electron chi connectivity index (χ2n) is 2.93. The lowest BCUT2D eigenvalue weighted by molar-refractivity contribution is 0.618. The highest BCUT2D eigenvalue weighted by Gasteiger charge is 2.07. The zero-order valence-corrected chi connectivity index (χ0v) is 8.98. The van der Waals surface area contributed by atoms with E-state index in [4.69, 9.17) is 0 Å². The molecular formula is C9H16N2S. The molecule has 2 nitrogen and oxygen atoms in total. The predicted octanol–water partition coefficient (Wildman–Crippen LogP) is 2.77. The van der Waals surface area contributed by atoms with Gasteiger partial charge in [0.05, 0.1) is 11.1 Å².